The first-order chi connectivity index (χ1) is 7.18. The summed E-state index contributed by atoms with van der Waals surface area (Å²) in [6.45, 7) is 0. The maximum absolute atomic E-state index is 11.9. The quantitative estimate of drug-likeness (QED) is 0.604. The van der Waals surface area contributed by atoms with Crippen LogP contribution in [-0.2, 0) is 0 Å². The molecule has 3 N–H and O–H groups in total. The molecule has 2 rings (SSSR count). The van der Waals surface area contributed by atoms with Crippen molar-refractivity contribution in [3.05, 3.63) is 52.8 Å². The Hall–Kier alpha value is -1.74. The van der Waals surface area contributed by atoms with Gasteiger partial charge < -0.3 is 10.7 Å². The molecule has 1 heterocycles. The molecule has 0 saturated heterocycles. The highest BCUT2D eigenvalue weighted by Crippen LogP contribution is 2.20. The fourth-order valence-corrected chi connectivity index (χ4v) is 1.54. The minimum absolute atomic E-state index is 0.106. The van der Waals surface area contributed by atoms with Crippen molar-refractivity contribution in [3.63, 3.8) is 0 Å². The lowest BCUT2D eigenvalue weighted by molar-refractivity contribution is 0.104. The summed E-state index contributed by atoms with van der Waals surface area (Å²) in [7, 11) is 0. The number of benzene rings is 1. The second kappa shape index (κ2) is 3.79. The third-order valence-corrected chi connectivity index (χ3v) is 2.35. The van der Waals surface area contributed by atoms with E-state index in [9.17, 15) is 4.79 Å². The molecule has 0 amide bonds. The Kier molecular flexibility index (Phi) is 2.47. The molecule has 0 unspecified atom stereocenters. The van der Waals surface area contributed by atoms with Crippen LogP contribution >= 0.6 is 11.6 Å². The highest BCUT2D eigenvalue weighted by Gasteiger charge is 2.12. The van der Waals surface area contributed by atoms with Gasteiger partial charge in [-0.05, 0) is 24.3 Å². The summed E-state index contributed by atoms with van der Waals surface area (Å²) in [4.78, 5) is 14.7. The highest BCUT2D eigenvalue weighted by atomic mass is 35.5. The number of hydrogen-bond acceptors (Lipinski definition) is 2. The zero-order chi connectivity index (χ0) is 10.8. The van der Waals surface area contributed by atoms with Crippen molar-refractivity contribution < 1.29 is 4.79 Å². The second-order valence-corrected chi connectivity index (χ2v) is 3.60. The largest absolute Gasteiger partial charge is 0.398 e. The van der Waals surface area contributed by atoms with Crippen molar-refractivity contribution >= 4 is 23.1 Å². The van der Waals surface area contributed by atoms with Crippen LogP contribution in [0.25, 0.3) is 0 Å². The van der Waals surface area contributed by atoms with Crippen LogP contribution in [0.1, 0.15) is 15.9 Å². The number of aromatic amines is 1. The van der Waals surface area contributed by atoms with Crippen LogP contribution in [0.2, 0.25) is 5.02 Å². The van der Waals surface area contributed by atoms with Gasteiger partial charge in [-0.3, -0.25) is 4.79 Å². The third kappa shape index (κ3) is 1.87. The van der Waals surface area contributed by atoms with Gasteiger partial charge in [-0.15, -0.1) is 0 Å². The zero-order valence-corrected chi connectivity index (χ0v) is 8.58. The molecular formula is C11H9ClN2O. The summed E-state index contributed by atoms with van der Waals surface area (Å²) in [5.41, 5.74) is 7.17. The number of anilines is 1. The number of hydrogen-bond donors (Lipinski definition) is 2. The molecule has 0 saturated carbocycles. The number of nitrogens with two attached hydrogens (primary N) is 1. The number of carbonyl (C=O) groups excluding carboxylic acids is 1. The monoisotopic (exact) mass is 220 g/mol. The number of nitrogens with one attached hydrogen (secondary N) is 1. The van der Waals surface area contributed by atoms with Crippen molar-refractivity contribution in [3.8, 4) is 0 Å². The van der Waals surface area contributed by atoms with Crippen LogP contribution in [0.5, 0.6) is 0 Å². The van der Waals surface area contributed by atoms with Gasteiger partial charge in [-0.25, -0.2) is 0 Å². The molecule has 0 aliphatic carbocycles. The topological polar surface area (TPSA) is 58.9 Å². The Morgan fingerprint density at radius 1 is 1.33 bits per heavy atom. The van der Waals surface area contributed by atoms with Crippen LogP contribution in [0.4, 0.5) is 5.69 Å². The number of H-pyrrole nitrogens is 1. The molecule has 0 atom stereocenters. The van der Waals surface area contributed by atoms with Crippen LogP contribution in [0.3, 0.4) is 0 Å². The Bertz CT molecular complexity index is 491. The molecule has 0 bridgehead atoms. The highest BCUT2D eigenvalue weighted by molar-refractivity contribution is 6.31. The molecule has 1 aromatic carbocycles. The van der Waals surface area contributed by atoms with Gasteiger partial charge in [-0.1, -0.05) is 11.6 Å². The van der Waals surface area contributed by atoms with E-state index in [2.05, 4.69) is 4.98 Å². The molecule has 15 heavy (non-hydrogen) atoms. The van der Waals surface area contributed by atoms with E-state index >= 15 is 0 Å². The van der Waals surface area contributed by atoms with Gasteiger partial charge in [-0.2, -0.15) is 0 Å². The van der Waals surface area contributed by atoms with E-state index in [-0.39, 0.29) is 5.78 Å². The SMILES string of the molecule is Nc1cc(Cl)ccc1C(=O)c1cc[nH]c1. The lowest BCUT2D eigenvalue weighted by Crippen LogP contribution is -2.04. The van der Waals surface area contributed by atoms with Crippen molar-refractivity contribution in [1.82, 2.24) is 4.98 Å². The molecule has 0 spiro atoms. The number of ketones is 1. The molecule has 2 aromatic rings. The molecule has 3 nitrogen and oxygen atoms in total. The van der Waals surface area contributed by atoms with Crippen LogP contribution in [0.15, 0.2) is 36.7 Å². The van der Waals surface area contributed by atoms with Crippen molar-refractivity contribution in [2.45, 2.75) is 0 Å². The van der Waals surface area contributed by atoms with Gasteiger partial charge in [0.05, 0.1) is 0 Å². The van der Waals surface area contributed by atoms with Gasteiger partial charge >= 0.3 is 0 Å². The summed E-state index contributed by atoms with van der Waals surface area (Å²) in [5.74, 6) is -0.106. The fourth-order valence-electron chi connectivity index (χ4n) is 1.36. The van der Waals surface area contributed by atoms with Gasteiger partial charge in [0.2, 0.25) is 0 Å². The molecule has 0 aliphatic rings. The molecule has 0 aliphatic heterocycles. The second-order valence-electron chi connectivity index (χ2n) is 3.16. The Morgan fingerprint density at radius 2 is 2.13 bits per heavy atom. The average molecular weight is 221 g/mol. The number of nitrogen functional groups attached to an aromatic ring is 1. The first-order valence-corrected chi connectivity index (χ1v) is 4.79. The molecule has 76 valence electrons. The Labute approximate surface area is 91.9 Å². The molecule has 4 heteroatoms. The van der Waals surface area contributed by atoms with Crippen molar-refractivity contribution in [2.75, 3.05) is 5.73 Å². The van der Waals surface area contributed by atoms with E-state index in [0.29, 0.717) is 21.8 Å². The van der Waals surface area contributed by atoms with Gasteiger partial charge in [0.25, 0.3) is 0 Å². The lowest BCUT2D eigenvalue weighted by Gasteiger charge is -2.03. The first kappa shape index (κ1) is 9.80. The normalized spacial score (nSPS) is 10.2. The van der Waals surface area contributed by atoms with Gasteiger partial charge in [0, 0.05) is 34.2 Å². The maximum atomic E-state index is 11.9. The van der Waals surface area contributed by atoms with E-state index in [1.165, 1.54) is 0 Å². The molecule has 0 radical (unpaired) electrons. The average Bonchev–Trinajstić information content (AvgIpc) is 2.69. The van der Waals surface area contributed by atoms with E-state index in [1.54, 1.807) is 36.7 Å². The predicted octanol–water partition coefficient (Wildman–Crippen LogP) is 2.48. The summed E-state index contributed by atoms with van der Waals surface area (Å²) in [6, 6.07) is 6.56. The van der Waals surface area contributed by atoms with E-state index < -0.39 is 0 Å². The molecule has 0 fully saturated rings. The Morgan fingerprint density at radius 3 is 2.73 bits per heavy atom. The summed E-state index contributed by atoms with van der Waals surface area (Å²) in [5, 5.41) is 0.526. The minimum atomic E-state index is -0.106. The van der Waals surface area contributed by atoms with Crippen molar-refractivity contribution in [1.29, 1.82) is 0 Å². The smallest absolute Gasteiger partial charge is 0.196 e. The number of rotatable bonds is 2. The van der Waals surface area contributed by atoms with Gasteiger partial charge in [0.15, 0.2) is 5.78 Å². The zero-order valence-electron chi connectivity index (χ0n) is 7.83. The molecule has 1 aromatic heterocycles. The minimum Gasteiger partial charge on any atom is -0.398 e. The lowest BCUT2D eigenvalue weighted by atomic mass is 10.0. The van der Waals surface area contributed by atoms with E-state index in [4.69, 9.17) is 17.3 Å². The summed E-state index contributed by atoms with van der Waals surface area (Å²) >= 11 is 5.75. The van der Waals surface area contributed by atoms with Crippen LogP contribution in [0, 0.1) is 0 Å². The van der Waals surface area contributed by atoms with E-state index in [1.807, 2.05) is 0 Å². The van der Waals surface area contributed by atoms with Crippen LogP contribution in [-0.4, -0.2) is 10.8 Å². The first-order valence-electron chi connectivity index (χ1n) is 4.41. The predicted molar refractivity (Wildman–Crippen MR) is 60.1 cm³/mol. The standard InChI is InChI=1S/C11H9ClN2O/c12-8-1-2-9(10(13)5-8)11(15)7-3-4-14-6-7/h1-6,14H,13H2. The summed E-state index contributed by atoms with van der Waals surface area (Å²) in [6.07, 6.45) is 3.33. The van der Waals surface area contributed by atoms with Crippen LogP contribution < -0.4 is 5.73 Å². The summed E-state index contributed by atoms with van der Waals surface area (Å²) < 4.78 is 0. The fraction of sp³-hybridized carbons (Fsp3) is 0. The third-order valence-electron chi connectivity index (χ3n) is 2.12. The molecular weight excluding hydrogens is 212 g/mol. The number of carbonyl (C=O) groups is 1. The van der Waals surface area contributed by atoms with Gasteiger partial charge in [0.1, 0.15) is 0 Å². The number of halogens is 1. The number of aromatic nitrogens is 1. The Balaban J connectivity index is 2.42. The van der Waals surface area contributed by atoms with E-state index in [0.717, 1.165) is 0 Å². The maximum Gasteiger partial charge on any atom is 0.196 e. The van der Waals surface area contributed by atoms with Crippen molar-refractivity contribution in [2.24, 2.45) is 0 Å².